The summed E-state index contributed by atoms with van der Waals surface area (Å²) in [6.45, 7) is 4.38. The molecule has 3 aromatic heterocycles. The maximum atomic E-state index is 15.2. The summed E-state index contributed by atoms with van der Waals surface area (Å²) in [5.41, 5.74) is 8.69. The molecule has 1 aliphatic carbocycles. The van der Waals surface area contributed by atoms with Gasteiger partial charge < -0.3 is 30.0 Å². The zero-order valence-corrected chi connectivity index (χ0v) is 20.6. The predicted octanol–water partition coefficient (Wildman–Crippen LogP) is 1.82. The molecule has 2 aliphatic heterocycles. The molecule has 10 nitrogen and oxygen atoms in total. The summed E-state index contributed by atoms with van der Waals surface area (Å²) in [5, 5.41) is 12.5. The smallest absolute Gasteiger partial charge is 0.272 e. The minimum absolute atomic E-state index is 0.172. The van der Waals surface area contributed by atoms with Crippen LogP contribution >= 0.6 is 11.6 Å². The summed E-state index contributed by atoms with van der Waals surface area (Å²) in [7, 11) is 0. The molecule has 0 aromatic carbocycles. The number of nitrogens with zero attached hydrogens (tertiary/aromatic N) is 5. The Bertz CT molecular complexity index is 1340. The minimum Gasteiger partial charge on any atom is -0.348 e. The van der Waals surface area contributed by atoms with Crippen LogP contribution in [0.2, 0.25) is 5.02 Å². The van der Waals surface area contributed by atoms with Gasteiger partial charge in [-0.15, -0.1) is 10.2 Å². The molecular weight excluding hydrogens is 489 g/mol. The first-order valence-electron chi connectivity index (χ1n) is 12.2. The number of rotatable bonds is 4. The number of aromatic nitrogens is 4. The molecule has 12 heteroatoms. The third-order valence-electron chi connectivity index (χ3n) is 7.27. The van der Waals surface area contributed by atoms with Gasteiger partial charge in [0.25, 0.3) is 5.91 Å². The molecule has 3 aliphatic rings. The van der Waals surface area contributed by atoms with Crippen molar-refractivity contribution in [2.24, 2.45) is 5.73 Å². The maximum Gasteiger partial charge on any atom is 0.272 e. The normalized spacial score (nSPS) is 22.9. The summed E-state index contributed by atoms with van der Waals surface area (Å²) in [4.78, 5) is 19.3. The number of amides is 1. The fraction of sp³-hybridized carbons (Fsp3) is 0.500. The van der Waals surface area contributed by atoms with Crippen LogP contribution in [0.4, 0.5) is 10.2 Å². The number of fused-ring (bicyclic) bond motifs is 2. The van der Waals surface area contributed by atoms with Crippen molar-refractivity contribution in [3.63, 3.8) is 0 Å². The summed E-state index contributed by atoms with van der Waals surface area (Å²) in [6.07, 6.45) is 3.54. The van der Waals surface area contributed by atoms with Crippen LogP contribution in [0.5, 0.6) is 0 Å². The summed E-state index contributed by atoms with van der Waals surface area (Å²) >= 11 is 6.31. The fourth-order valence-electron chi connectivity index (χ4n) is 5.38. The maximum absolute atomic E-state index is 15.2. The molecule has 190 valence electrons. The zero-order chi connectivity index (χ0) is 25.0. The van der Waals surface area contributed by atoms with Crippen molar-refractivity contribution in [2.75, 3.05) is 31.2 Å². The van der Waals surface area contributed by atoms with Gasteiger partial charge in [0.15, 0.2) is 23.0 Å². The van der Waals surface area contributed by atoms with Crippen molar-refractivity contribution in [3.05, 3.63) is 46.1 Å². The first-order chi connectivity index (χ1) is 17.4. The molecule has 36 heavy (non-hydrogen) atoms. The first-order valence-corrected chi connectivity index (χ1v) is 12.5. The van der Waals surface area contributed by atoms with E-state index in [1.54, 1.807) is 17.2 Å². The van der Waals surface area contributed by atoms with Crippen molar-refractivity contribution in [2.45, 2.75) is 50.6 Å². The van der Waals surface area contributed by atoms with Crippen molar-refractivity contribution in [1.82, 2.24) is 25.1 Å². The predicted molar refractivity (Wildman–Crippen MR) is 131 cm³/mol. The molecule has 2 saturated heterocycles. The second-order valence-electron chi connectivity index (χ2n) is 9.54. The van der Waals surface area contributed by atoms with Crippen LogP contribution in [0.1, 0.15) is 35.1 Å². The number of carbonyl (C=O) groups excluding carboxylic acids is 1. The summed E-state index contributed by atoms with van der Waals surface area (Å²) < 4.78 is 28.5. The lowest BCUT2D eigenvalue weighted by Gasteiger charge is -2.27. The van der Waals surface area contributed by atoms with Crippen molar-refractivity contribution in [3.8, 4) is 0 Å². The lowest BCUT2D eigenvalue weighted by Crippen LogP contribution is -2.47. The molecule has 5 heterocycles. The Kier molecular flexibility index (Phi) is 5.83. The SMILES string of the molecule is CCn1cc(Cl)c2cc(C(=O)NC3CCc4nc(N5CC(N)C6(C5)OCCO6)c(F)cc4C3)nnc21. The van der Waals surface area contributed by atoms with Crippen molar-refractivity contribution >= 4 is 34.4 Å². The summed E-state index contributed by atoms with van der Waals surface area (Å²) in [6, 6.07) is 2.62. The standard InChI is InChI=1S/C24H27ClFN7O3/c1-2-32-10-16(25)15-9-19(30-31-21(15)32)23(34)28-14-3-4-18-13(7-14)8-17(26)22(29-18)33-11-20(27)24(12-33)35-5-6-36-24/h8-10,14,20H,2-7,11-12,27H2,1H3,(H,28,34). The van der Waals surface area contributed by atoms with Gasteiger partial charge in [0.1, 0.15) is 0 Å². The average molecular weight is 516 g/mol. The number of anilines is 1. The Hall–Kier alpha value is -2.86. The Morgan fingerprint density at radius 2 is 2.14 bits per heavy atom. The molecule has 2 atom stereocenters. The Balaban J connectivity index is 1.16. The lowest BCUT2D eigenvalue weighted by atomic mass is 9.91. The monoisotopic (exact) mass is 515 g/mol. The fourth-order valence-corrected chi connectivity index (χ4v) is 5.64. The third-order valence-corrected chi connectivity index (χ3v) is 7.57. The van der Waals surface area contributed by atoms with Gasteiger partial charge in [-0.25, -0.2) is 9.37 Å². The molecule has 3 aromatic rings. The van der Waals surface area contributed by atoms with Crippen LogP contribution in [-0.4, -0.2) is 69.8 Å². The van der Waals surface area contributed by atoms with Gasteiger partial charge in [-0.3, -0.25) is 4.79 Å². The van der Waals surface area contributed by atoms with Gasteiger partial charge in [0.05, 0.1) is 30.8 Å². The first kappa shape index (κ1) is 23.5. The molecule has 1 spiro atoms. The van der Waals surface area contributed by atoms with Crippen LogP contribution in [0, 0.1) is 5.82 Å². The van der Waals surface area contributed by atoms with Gasteiger partial charge >= 0.3 is 0 Å². The number of hydrogen-bond donors (Lipinski definition) is 2. The molecule has 1 amide bonds. The molecule has 6 rings (SSSR count). The quantitative estimate of drug-likeness (QED) is 0.540. The van der Waals surface area contributed by atoms with Gasteiger partial charge in [-0.1, -0.05) is 11.6 Å². The number of carbonyl (C=O) groups is 1. The van der Waals surface area contributed by atoms with Crippen LogP contribution in [0.25, 0.3) is 11.0 Å². The largest absolute Gasteiger partial charge is 0.348 e. The van der Waals surface area contributed by atoms with E-state index < -0.39 is 11.6 Å². The average Bonchev–Trinajstić information content (AvgIpc) is 3.56. The van der Waals surface area contributed by atoms with Gasteiger partial charge in [0, 0.05) is 36.4 Å². The van der Waals surface area contributed by atoms with Crippen LogP contribution in [-0.2, 0) is 28.9 Å². The van der Waals surface area contributed by atoms with E-state index in [0.29, 0.717) is 68.2 Å². The second kappa shape index (κ2) is 8.91. The zero-order valence-electron chi connectivity index (χ0n) is 19.8. The number of ether oxygens (including phenoxy) is 2. The molecule has 0 radical (unpaired) electrons. The number of halogens is 2. The van der Waals surface area contributed by atoms with E-state index in [1.165, 1.54) is 6.07 Å². The Labute approximate surface area is 211 Å². The van der Waals surface area contributed by atoms with E-state index in [9.17, 15) is 4.79 Å². The lowest BCUT2D eigenvalue weighted by molar-refractivity contribution is -0.147. The number of hydrogen-bond acceptors (Lipinski definition) is 8. The van der Waals surface area contributed by atoms with Gasteiger partial charge in [-0.05, 0) is 43.9 Å². The van der Waals surface area contributed by atoms with Crippen molar-refractivity contribution < 1.29 is 18.7 Å². The Morgan fingerprint density at radius 1 is 1.33 bits per heavy atom. The van der Waals surface area contributed by atoms with E-state index in [0.717, 1.165) is 11.3 Å². The van der Waals surface area contributed by atoms with Crippen molar-refractivity contribution in [1.29, 1.82) is 0 Å². The molecule has 0 bridgehead atoms. The highest BCUT2D eigenvalue weighted by molar-refractivity contribution is 6.35. The third kappa shape index (κ3) is 3.90. The Morgan fingerprint density at radius 3 is 2.92 bits per heavy atom. The van der Waals surface area contributed by atoms with Gasteiger partial charge in [0.2, 0.25) is 5.79 Å². The van der Waals surface area contributed by atoms with Crippen LogP contribution < -0.4 is 16.0 Å². The highest BCUT2D eigenvalue weighted by Crippen LogP contribution is 2.34. The van der Waals surface area contributed by atoms with E-state index in [4.69, 9.17) is 26.8 Å². The highest BCUT2D eigenvalue weighted by Gasteiger charge is 2.50. The van der Waals surface area contributed by atoms with Crippen LogP contribution in [0.3, 0.4) is 0 Å². The molecule has 2 fully saturated rings. The van der Waals surface area contributed by atoms with E-state index in [-0.39, 0.29) is 29.5 Å². The second-order valence-corrected chi connectivity index (χ2v) is 9.95. The number of aryl methyl sites for hydroxylation is 2. The van der Waals surface area contributed by atoms with E-state index >= 15 is 4.39 Å². The number of nitrogens with one attached hydrogen (secondary N) is 1. The summed E-state index contributed by atoms with van der Waals surface area (Å²) in [5.74, 6) is -1.39. The molecule has 3 N–H and O–H groups in total. The number of nitrogens with two attached hydrogens (primary N) is 1. The van der Waals surface area contributed by atoms with E-state index in [1.807, 2.05) is 11.5 Å². The molecule has 0 saturated carbocycles. The highest BCUT2D eigenvalue weighted by atomic mass is 35.5. The van der Waals surface area contributed by atoms with E-state index in [2.05, 4.69) is 20.5 Å². The minimum atomic E-state index is -0.894. The molecule has 2 unspecified atom stereocenters. The van der Waals surface area contributed by atoms with Crippen LogP contribution in [0.15, 0.2) is 18.3 Å². The number of pyridine rings is 1. The van der Waals surface area contributed by atoms with Gasteiger partial charge in [-0.2, -0.15) is 0 Å². The molecular formula is C24H27ClFN7O3. The topological polar surface area (TPSA) is 120 Å².